The van der Waals surface area contributed by atoms with Crippen molar-refractivity contribution in [1.29, 1.82) is 0 Å². The number of benzene rings is 2. The third kappa shape index (κ3) is 2.32. The number of nitrogens with zero attached hydrogens (tertiary/aromatic N) is 2. The van der Waals surface area contributed by atoms with Crippen molar-refractivity contribution in [3.05, 3.63) is 95.3 Å². The van der Waals surface area contributed by atoms with Crippen LogP contribution in [-0.2, 0) is 5.75 Å². The summed E-state index contributed by atoms with van der Waals surface area (Å²) in [5.74, 6) is 1.10. The maximum Gasteiger partial charge on any atom is 0.273 e. The van der Waals surface area contributed by atoms with E-state index in [2.05, 4.69) is 47.1 Å². The molecule has 3 nitrogen and oxygen atoms in total. The molecule has 3 heterocycles. The fourth-order valence-electron chi connectivity index (χ4n) is 3.94. The van der Waals surface area contributed by atoms with E-state index in [1.807, 2.05) is 47.2 Å². The molecule has 3 aromatic rings. The molecular weight excluding hydrogens is 328 g/mol. The Kier molecular flexibility index (Phi) is 3.45. The third-order valence-corrected chi connectivity index (χ3v) is 6.44. The molecule has 0 spiro atoms. The number of fused-ring (bicyclic) bond motifs is 5. The predicted molar refractivity (Wildman–Crippen MR) is 101 cm³/mol. The Morgan fingerprint density at radius 3 is 2.64 bits per heavy atom. The number of hydrogen-bond acceptors (Lipinski definition) is 2. The highest BCUT2D eigenvalue weighted by atomic mass is 32.2. The molecule has 0 bridgehead atoms. The van der Waals surface area contributed by atoms with Crippen molar-refractivity contribution in [1.82, 2.24) is 4.68 Å². The molecule has 0 N–H and O–H groups in total. The summed E-state index contributed by atoms with van der Waals surface area (Å²) in [5.41, 5.74) is 4.58. The van der Waals surface area contributed by atoms with E-state index in [9.17, 15) is 4.79 Å². The van der Waals surface area contributed by atoms with E-state index in [0.717, 1.165) is 23.3 Å². The second kappa shape index (κ2) is 5.81. The lowest BCUT2D eigenvalue weighted by molar-refractivity contribution is 0.0954. The van der Waals surface area contributed by atoms with Gasteiger partial charge in [0.2, 0.25) is 0 Å². The average molecular weight is 346 g/mol. The zero-order valence-electron chi connectivity index (χ0n) is 13.7. The smallest absolute Gasteiger partial charge is 0.267 e. The number of carbonyl (C=O) groups excluding carboxylic acids is 1. The van der Waals surface area contributed by atoms with Crippen LogP contribution in [0.4, 0.5) is 0 Å². The van der Waals surface area contributed by atoms with Crippen molar-refractivity contribution in [2.45, 2.75) is 23.5 Å². The van der Waals surface area contributed by atoms with Crippen molar-refractivity contribution in [3.8, 4) is 0 Å². The highest BCUT2D eigenvalue weighted by Crippen LogP contribution is 2.48. The Hall–Kier alpha value is -2.46. The summed E-state index contributed by atoms with van der Waals surface area (Å²) in [7, 11) is 0. The van der Waals surface area contributed by atoms with Gasteiger partial charge in [-0.15, -0.1) is 11.8 Å². The molecule has 1 amide bonds. The second-order valence-electron chi connectivity index (χ2n) is 6.55. The zero-order valence-corrected chi connectivity index (χ0v) is 14.5. The van der Waals surface area contributed by atoms with Crippen molar-refractivity contribution < 1.29 is 4.79 Å². The fraction of sp³-hybridized carbons (Fsp3) is 0.190. The number of thioether (sulfide) groups is 1. The number of hydrogen-bond donors (Lipinski definition) is 0. The lowest BCUT2D eigenvalue weighted by Crippen LogP contribution is -2.42. The summed E-state index contributed by atoms with van der Waals surface area (Å²) in [4.78, 5) is 12.9. The van der Waals surface area contributed by atoms with Gasteiger partial charge in [-0.3, -0.25) is 9.47 Å². The molecular formula is C21H18N2OS. The molecule has 4 heteroatoms. The first-order valence-electron chi connectivity index (χ1n) is 8.58. The minimum Gasteiger partial charge on any atom is -0.267 e. The van der Waals surface area contributed by atoms with E-state index < -0.39 is 0 Å². The zero-order chi connectivity index (χ0) is 16.8. The van der Waals surface area contributed by atoms with Crippen LogP contribution < -0.4 is 5.01 Å². The Morgan fingerprint density at radius 1 is 0.960 bits per heavy atom. The van der Waals surface area contributed by atoms with Gasteiger partial charge in [0.25, 0.3) is 5.91 Å². The van der Waals surface area contributed by atoms with Crippen LogP contribution in [0.3, 0.4) is 0 Å². The molecule has 0 aliphatic carbocycles. The first kappa shape index (κ1) is 14.8. The van der Waals surface area contributed by atoms with E-state index in [1.54, 1.807) is 0 Å². The Bertz CT molecular complexity index is 934. The van der Waals surface area contributed by atoms with Crippen LogP contribution in [-0.4, -0.2) is 10.6 Å². The molecule has 0 radical (unpaired) electrons. The summed E-state index contributed by atoms with van der Waals surface area (Å²) in [5, 5.41) is 2.31. The van der Waals surface area contributed by atoms with Gasteiger partial charge in [0.1, 0.15) is 0 Å². The van der Waals surface area contributed by atoms with Gasteiger partial charge < -0.3 is 0 Å². The maximum atomic E-state index is 12.9. The summed E-state index contributed by atoms with van der Waals surface area (Å²) in [6, 6.07) is 23.0. The molecule has 2 aliphatic heterocycles. The molecule has 5 rings (SSSR count). The van der Waals surface area contributed by atoms with E-state index >= 15 is 0 Å². The van der Waals surface area contributed by atoms with E-state index in [-0.39, 0.29) is 11.9 Å². The standard InChI is InChI=1S/C21H18N2OS/c24-21-17-10-5-4-9-16(17)19-13-20(18-11-6-12-22(18)23(19)21)25-14-15-7-2-1-3-8-15/h1-12,19-20H,13-14H2/t19-,20-/m1/s1. The molecule has 25 heavy (non-hydrogen) atoms. The first-order valence-corrected chi connectivity index (χ1v) is 9.63. The van der Waals surface area contributed by atoms with E-state index in [1.165, 1.54) is 11.3 Å². The molecule has 1 aromatic heterocycles. The van der Waals surface area contributed by atoms with Gasteiger partial charge in [-0.05, 0) is 35.7 Å². The van der Waals surface area contributed by atoms with Gasteiger partial charge in [0.05, 0.1) is 11.7 Å². The summed E-state index contributed by atoms with van der Waals surface area (Å²) < 4.78 is 2.07. The molecule has 2 aliphatic rings. The quantitative estimate of drug-likeness (QED) is 0.687. The minimum absolute atomic E-state index is 0.115. The largest absolute Gasteiger partial charge is 0.273 e. The van der Waals surface area contributed by atoms with E-state index in [0.29, 0.717) is 5.25 Å². The molecule has 2 atom stereocenters. The number of carbonyl (C=O) groups is 1. The molecule has 0 unspecified atom stereocenters. The lowest BCUT2D eigenvalue weighted by Gasteiger charge is -2.37. The maximum absolute atomic E-state index is 12.9. The molecule has 0 saturated heterocycles. The van der Waals surface area contributed by atoms with E-state index in [4.69, 9.17) is 0 Å². The number of aromatic nitrogens is 1. The highest BCUT2D eigenvalue weighted by Gasteiger charge is 2.43. The number of amides is 1. The van der Waals surface area contributed by atoms with Crippen LogP contribution in [0.15, 0.2) is 72.9 Å². The lowest BCUT2D eigenvalue weighted by atomic mass is 9.99. The van der Waals surface area contributed by atoms with Crippen LogP contribution >= 0.6 is 11.8 Å². The Labute approximate surface area is 151 Å². The van der Waals surface area contributed by atoms with Gasteiger partial charge in [0.15, 0.2) is 0 Å². The minimum atomic E-state index is 0.115. The van der Waals surface area contributed by atoms with Gasteiger partial charge in [-0.2, -0.15) is 0 Å². The van der Waals surface area contributed by atoms with Crippen molar-refractivity contribution in [3.63, 3.8) is 0 Å². The third-order valence-electron chi connectivity index (χ3n) is 5.11. The van der Waals surface area contributed by atoms with Crippen molar-refractivity contribution in [2.24, 2.45) is 0 Å². The van der Waals surface area contributed by atoms with Crippen LogP contribution in [0.1, 0.15) is 44.9 Å². The van der Waals surface area contributed by atoms with Crippen LogP contribution in [0.5, 0.6) is 0 Å². The molecule has 0 saturated carbocycles. The molecule has 124 valence electrons. The predicted octanol–water partition coefficient (Wildman–Crippen LogP) is 4.70. The molecule has 2 aromatic carbocycles. The molecule has 0 fully saturated rings. The van der Waals surface area contributed by atoms with Gasteiger partial charge in [-0.1, -0.05) is 48.5 Å². The average Bonchev–Trinajstić information content (AvgIpc) is 3.25. The Balaban J connectivity index is 1.49. The topological polar surface area (TPSA) is 25.2 Å². The summed E-state index contributed by atoms with van der Waals surface area (Å²) in [6.07, 6.45) is 2.98. The monoisotopic (exact) mass is 346 g/mol. The van der Waals surface area contributed by atoms with Crippen molar-refractivity contribution in [2.75, 3.05) is 5.01 Å². The fourth-order valence-corrected chi connectivity index (χ4v) is 5.20. The van der Waals surface area contributed by atoms with Gasteiger partial charge in [-0.25, -0.2) is 5.01 Å². The van der Waals surface area contributed by atoms with Gasteiger partial charge >= 0.3 is 0 Å². The Morgan fingerprint density at radius 2 is 1.76 bits per heavy atom. The normalized spacial score (nSPS) is 21.0. The summed E-state index contributed by atoms with van der Waals surface area (Å²) in [6.45, 7) is 0. The van der Waals surface area contributed by atoms with Crippen LogP contribution in [0, 0.1) is 0 Å². The van der Waals surface area contributed by atoms with Gasteiger partial charge in [0, 0.05) is 22.8 Å². The second-order valence-corrected chi connectivity index (χ2v) is 7.74. The highest BCUT2D eigenvalue weighted by molar-refractivity contribution is 7.98. The van der Waals surface area contributed by atoms with Crippen LogP contribution in [0.2, 0.25) is 0 Å². The first-order chi connectivity index (χ1) is 12.3. The SMILES string of the molecule is O=C1c2ccccc2[C@H]2C[C@@H](SCc3ccccc3)c3cccn3N12. The van der Waals surface area contributed by atoms with Crippen molar-refractivity contribution >= 4 is 17.7 Å². The number of rotatable bonds is 3. The van der Waals surface area contributed by atoms with Crippen LogP contribution in [0.25, 0.3) is 0 Å². The summed E-state index contributed by atoms with van der Waals surface area (Å²) >= 11 is 1.96.